The molecule has 0 amide bonds. The topological polar surface area (TPSA) is 43.1 Å². The van der Waals surface area contributed by atoms with E-state index in [0.29, 0.717) is 9.35 Å². The van der Waals surface area contributed by atoms with Crippen molar-refractivity contribution in [2.75, 3.05) is 5.73 Å². The average molecular weight is 379 g/mol. The lowest BCUT2D eigenvalue weighted by molar-refractivity contribution is 0.103. The van der Waals surface area contributed by atoms with Gasteiger partial charge >= 0.3 is 0 Å². The van der Waals surface area contributed by atoms with Gasteiger partial charge in [0, 0.05) is 16.8 Å². The van der Waals surface area contributed by atoms with E-state index in [-0.39, 0.29) is 17.0 Å². The maximum absolute atomic E-state index is 13.2. The normalized spacial score (nSPS) is 10.5. The molecule has 1 aromatic heterocycles. The quantitative estimate of drug-likeness (QED) is 0.627. The first-order chi connectivity index (χ1) is 7.97. The molecule has 2 N–H and O–H groups in total. The third-order valence-electron chi connectivity index (χ3n) is 2.08. The van der Waals surface area contributed by atoms with E-state index in [1.54, 1.807) is 6.07 Å². The molecule has 0 fully saturated rings. The van der Waals surface area contributed by atoms with Crippen molar-refractivity contribution in [2.24, 2.45) is 0 Å². The van der Waals surface area contributed by atoms with Crippen molar-refractivity contribution in [3.05, 3.63) is 48.8 Å². The molecule has 0 aliphatic heterocycles. The summed E-state index contributed by atoms with van der Waals surface area (Å²) in [7, 11) is 0. The summed E-state index contributed by atoms with van der Waals surface area (Å²) in [5, 5.41) is 0. The Labute approximate surface area is 118 Å². The first kappa shape index (κ1) is 12.7. The molecule has 2 aromatic rings. The predicted octanol–water partition coefficient (Wildman–Crippen LogP) is 4.23. The lowest BCUT2D eigenvalue weighted by atomic mass is 10.1. The summed E-state index contributed by atoms with van der Waals surface area (Å²) < 4.78 is 14.7. The fourth-order valence-electron chi connectivity index (χ4n) is 1.39. The van der Waals surface area contributed by atoms with Gasteiger partial charge in [0.25, 0.3) is 0 Å². The number of benzene rings is 1. The number of ketones is 1. The zero-order valence-electron chi connectivity index (χ0n) is 8.34. The fourth-order valence-corrected chi connectivity index (χ4v) is 4.19. The summed E-state index contributed by atoms with van der Waals surface area (Å²) in [5.74, 6) is -0.774. The molecule has 0 unspecified atom stereocenters. The summed E-state index contributed by atoms with van der Waals surface area (Å²) in [6.45, 7) is 0. The van der Waals surface area contributed by atoms with Crippen molar-refractivity contribution in [3.8, 4) is 0 Å². The molecule has 0 aliphatic carbocycles. The number of hydrogen-bond acceptors (Lipinski definition) is 3. The van der Waals surface area contributed by atoms with E-state index in [9.17, 15) is 9.18 Å². The predicted molar refractivity (Wildman–Crippen MR) is 74.0 cm³/mol. The second kappa shape index (κ2) is 4.88. The van der Waals surface area contributed by atoms with Gasteiger partial charge in [0.2, 0.25) is 0 Å². The van der Waals surface area contributed by atoms with Gasteiger partial charge in [0.15, 0.2) is 5.78 Å². The van der Waals surface area contributed by atoms with Crippen molar-refractivity contribution in [1.82, 2.24) is 0 Å². The SMILES string of the molecule is Nc1cc(F)cc(C(=O)c2cc(Br)sc2Br)c1. The monoisotopic (exact) mass is 377 g/mol. The number of anilines is 1. The molecule has 0 spiro atoms. The number of hydrogen-bond donors (Lipinski definition) is 1. The van der Waals surface area contributed by atoms with Gasteiger partial charge in [-0.25, -0.2) is 4.39 Å². The third kappa shape index (κ3) is 2.75. The van der Waals surface area contributed by atoms with Crippen LogP contribution in [0.15, 0.2) is 31.8 Å². The highest BCUT2D eigenvalue weighted by molar-refractivity contribution is 9.12. The van der Waals surface area contributed by atoms with Gasteiger partial charge in [-0.2, -0.15) is 0 Å². The summed E-state index contributed by atoms with van der Waals surface area (Å²) >= 11 is 7.97. The Morgan fingerprint density at radius 3 is 2.47 bits per heavy atom. The first-order valence-corrected chi connectivity index (χ1v) is 6.93. The van der Waals surface area contributed by atoms with Gasteiger partial charge in [0.05, 0.1) is 7.57 Å². The molecule has 0 saturated carbocycles. The van der Waals surface area contributed by atoms with Crippen molar-refractivity contribution < 1.29 is 9.18 Å². The molecular weight excluding hydrogens is 373 g/mol. The van der Waals surface area contributed by atoms with Crippen LogP contribution in [0.1, 0.15) is 15.9 Å². The molecule has 1 heterocycles. The minimum atomic E-state index is -0.515. The zero-order chi connectivity index (χ0) is 12.6. The highest BCUT2D eigenvalue weighted by Gasteiger charge is 2.16. The van der Waals surface area contributed by atoms with Crippen LogP contribution < -0.4 is 5.73 Å². The second-order valence-corrected chi connectivity index (χ2v) is 7.09. The average Bonchev–Trinajstić information content (AvgIpc) is 2.55. The lowest BCUT2D eigenvalue weighted by Crippen LogP contribution is -2.02. The summed E-state index contributed by atoms with van der Waals surface area (Å²) in [6, 6.07) is 5.51. The highest BCUT2D eigenvalue weighted by atomic mass is 79.9. The number of carbonyl (C=O) groups excluding carboxylic acids is 1. The number of nitrogen functional groups attached to an aromatic ring is 1. The molecule has 88 valence electrons. The van der Waals surface area contributed by atoms with Gasteiger partial charge in [-0.1, -0.05) is 0 Å². The Kier molecular flexibility index (Phi) is 3.65. The summed E-state index contributed by atoms with van der Waals surface area (Å²) in [6.07, 6.45) is 0. The minimum absolute atomic E-state index is 0.235. The van der Waals surface area contributed by atoms with E-state index in [1.807, 2.05) is 0 Å². The van der Waals surface area contributed by atoms with E-state index in [1.165, 1.54) is 29.5 Å². The Balaban J connectivity index is 2.47. The Morgan fingerprint density at radius 1 is 1.24 bits per heavy atom. The van der Waals surface area contributed by atoms with Crippen LogP contribution in [0.4, 0.5) is 10.1 Å². The van der Waals surface area contributed by atoms with Gasteiger partial charge in [-0.15, -0.1) is 11.3 Å². The van der Waals surface area contributed by atoms with Crippen molar-refractivity contribution >= 4 is 54.7 Å². The second-order valence-electron chi connectivity index (χ2n) is 3.34. The molecule has 2 nitrogen and oxygen atoms in total. The van der Waals surface area contributed by atoms with Crippen LogP contribution in [0, 0.1) is 5.82 Å². The maximum atomic E-state index is 13.2. The number of halogens is 3. The smallest absolute Gasteiger partial charge is 0.195 e. The standard InChI is InChI=1S/C11H6Br2FNOS/c12-9-4-8(11(13)17-9)10(16)5-1-6(14)3-7(15)2-5/h1-4H,15H2. The molecule has 0 aliphatic rings. The minimum Gasteiger partial charge on any atom is -0.399 e. The Morgan fingerprint density at radius 2 is 1.94 bits per heavy atom. The molecule has 0 saturated heterocycles. The Bertz CT molecular complexity index is 577. The van der Waals surface area contributed by atoms with Crippen molar-refractivity contribution in [2.45, 2.75) is 0 Å². The van der Waals surface area contributed by atoms with E-state index in [4.69, 9.17) is 5.73 Å². The van der Waals surface area contributed by atoms with Crippen LogP contribution in [-0.4, -0.2) is 5.78 Å². The summed E-state index contributed by atoms with van der Waals surface area (Å²) in [4.78, 5) is 12.1. The highest BCUT2D eigenvalue weighted by Crippen LogP contribution is 2.33. The maximum Gasteiger partial charge on any atom is 0.195 e. The van der Waals surface area contributed by atoms with E-state index < -0.39 is 5.82 Å². The van der Waals surface area contributed by atoms with Gasteiger partial charge < -0.3 is 5.73 Å². The Hall–Kier alpha value is -0.720. The van der Waals surface area contributed by atoms with Crippen LogP contribution in [0.2, 0.25) is 0 Å². The van der Waals surface area contributed by atoms with E-state index in [0.717, 1.165) is 3.79 Å². The van der Waals surface area contributed by atoms with Gasteiger partial charge in [-0.3, -0.25) is 4.79 Å². The van der Waals surface area contributed by atoms with Crippen LogP contribution in [0.3, 0.4) is 0 Å². The van der Waals surface area contributed by atoms with Crippen LogP contribution >= 0.6 is 43.2 Å². The number of nitrogens with two attached hydrogens (primary N) is 1. The zero-order valence-corrected chi connectivity index (χ0v) is 12.3. The number of rotatable bonds is 2. The largest absolute Gasteiger partial charge is 0.399 e. The van der Waals surface area contributed by atoms with Gasteiger partial charge in [-0.05, 0) is 56.1 Å². The molecular formula is C11H6Br2FNOS. The van der Waals surface area contributed by atoms with Gasteiger partial charge in [0.1, 0.15) is 5.82 Å². The number of carbonyl (C=O) groups is 1. The van der Waals surface area contributed by atoms with E-state index >= 15 is 0 Å². The van der Waals surface area contributed by atoms with Crippen molar-refractivity contribution in [1.29, 1.82) is 0 Å². The van der Waals surface area contributed by atoms with Crippen LogP contribution in [0.25, 0.3) is 0 Å². The molecule has 0 atom stereocenters. The van der Waals surface area contributed by atoms with Crippen molar-refractivity contribution in [3.63, 3.8) is 0 Å². The first-order valence-electron chi connectivity index (χ1n) is 4.53. The van der Waals surface area contributed by atoms with E-state index in [2.05, 4.69) is 31.9 Å². The lowest BCUT2D eigenvalue weighted by Gasteiger charge is -2.01. The number of thiophene rings is 1. The molecule has 0 bridgehead atoms. The summed E-state index contributed by atoms with van der Waals surface area (Å²) in [5.41, 5.74) is 6.48. The van der Waals surface area contributed by atoms with Crippen LogP contribution in [-0.2, 0) is 0 Å². The fraction of sp³-hybridized carbons (Fsp3) is 0. The molecule has 0 radical (unpaired) electrons. The molecule has 6 heteroatoms. The molecule has 2 rings (SSSR count). The molecule has 1 aromatic carbocycles. The van der Waals surface area contributed by atoms with Crippen LogP contribution in [0.5, 0.6) is 0 Å². The molecule has 17 heavy (non-hydrogen) atoms. The third-order valence-corrected chi connectivity index (χ3v) is 4.42.